The Hall–Kier alpha value is 0.376. The summed E-state index contributed by atoms with van der Waals surface area (Å²) in [6, 6.07) is -0.715. The van der Waals surface area contributed by atoms with Crippen LogP contribution in [0, 0.1) is 5.41 Å². The molecule has 0 unspecified atom stereocenters. The average molecular weight is 280 g/mol. The summed E-state index contributed by atoms with van der Waals surface area (Å²) < 4.78 is 5.25. The number of amides is 1. The Morgan fingerprint density at radius 1 is 1.33 bits per heavy atom. The van der Waals surface area contributed by atoms with Crippen LogP contribution in [0.1, 0.15) is 40.0 Å². The van der Waals surface area contributed by atoms with Crippen molar-refractivity contribution in [3.63, 3.8) is 0 Å². The van der Waals surface area contributed by atoms with Crippen molar-refractivity contribution in [1.82, 2.24) is 4.90 Å². The van der Waals surface area contributed by atoms with Gasteiger partial charge in [-0.2, -0.15) is 0 Å². The maximum atomic E-state index is 11.9. The molecule has 1 amide bonds. The average Bonchev–Trinajstić information content (AvgIpc) is 2.73. The molecule has 0 aromatic heterocycles. The van der Waals surface area contributed by atoms with Crippen LogP contribution in [0.4, 0.5) is 4.79 Å². The van der Waals surface area contributed by atoms with Gasteiger partial charge in [-0.05, 0) is 45.4 Å². The number of hydrogen-bond acceptors (Lipinski definition) is 3. The van der Waals surface area contributed by atoms with E-state index in [4.69, 9.17) is 9.84 Å². The summed E-state index contributed by atoms with van der Waals surface area (Å²) in [6.45, 7) is 5.87. The second kappa shape index (κ2) is 5.40. The minimum atomic E-state index is -0.931. The van der Waals surface area contributed by atoms with Crippen molar-refractivity contribution in [3.05, 3.63) is 0 Å². The predicted molar refractivity (Wildman–Crippen MR) is 60.6 cm³/mol. The van der Waals surface area contributed by atoms with Gasteiger partial charge in [0.1, 0.15) is 11.6 Å². The molecule has 1 heterocycles. The van der Waals surface area contributed by atoms with Crippen molar-refractivity contribution >= 4 is 12.1 Å². The zero-order valence-corrected chi connectivity index (χ0v) is 14.6. The van der Waals surface area contributed by atoms with E-state index >= 15 is 0 Å². The fourth-order valence-electron chi connectivity index (χ4n) is 2.33. The van der Waals surface area contributed by atoms with Crippen LogP contribution in [0.5, 0.6) is 0 Å². The van der Waals surface area contributed by atoms with Crippen molar-refractivity contribution in [2.24, 2.45) is 5.41 Å². The Labute approximate surface area is 150 Å². The molecule has 96 valence electrons. The van der Waals surface area contributed by atoms with Gasteiger partial charge < -0.3 is 9.84 Å². The summed E-state index contributed by atoms with van der Waals surface area (Å²) in [4.78, 5) is 24.5. The molecule has 0 bridgehead atoms. The van der Waals surface area contributed by atoms with Crippen molar-refractivity contribution in [2.75, 3.05) is 6.54 Å². The molecule has 2 rings (SSSR count). The molecule has 1 aliphatic carbocycles. The van der Waals surface area contributed by atoms with E-state index in [1.54, 1.807) is 20.8 Å². The Morgan fingerprint density at radius 2 is 1.89 bits per heavy atom. The van der Waals surface area contributed by atoms with Gasteiger partial charge in [-0.25, -0.2) is 9.59 Å². The molecule has 1 N–H and O–H groups in total. The van der Waals surface area contributed by atoms with Crippen LogP contribution in [0.2, 0.25) is 0 Å². The number of aliphatic carboxylic acids is 1. The molecule has 2 aliphatic rings. The fourth-order valence-corrected chi connectivity index (χ4v) is 2.33. The van der Waals surface area contributed by atoms with Crippen molar-refractivity contribution in [2.45, 2.75) is 51.7 Å². The van der Waals surface area contributed by atoms with Gasteiger partial charge in [-0.1, -0.05) is 0 Å². The smallest absolute Gasteiger partial charge is 0.480 e. The third-order valence-corrected chi connectivity index (χ3v) is 3.38. The molecule has 1 aliphatic heterocycles. The van der Waals surface area contributed by atoms with Crippen molar-refractivity contribution in [1.29, 1.82) is 0 Å². The first-order valence-electron chi connectivity index (χ1n) is 5.95. The first kappa shape index (κ1) is 16.4. The van der Waals surface area contributed by atoms with E-state index in [0.29, 0.717) is 13.0 Å². The van der Waals surface area contributed by atoms with Gasteiger partial charge in [-0.3, -0.25) is 4.90 Å². The fraction of sp³-hybridized carbons (Fsp3) is 0.833. The number of carboxylic acid groups (broad SMARTS) is 1. The van der Waals surface area contributed by atoms with Crippen LogP contribution in [0.15, 0.2) is 0 Å². The number of carboxylic acids is 1. The van der Waals surface area contributed by atoms with E-state index < -0.39 is 23.7 Å². The number of ether oxygens (including phenoxy) is 1. The minimum Gasteiger partial charge on any atom is -0.480 e. The number of nitrogens with zero attached hydrogens (tertiary/aromatic N) is 1. The molecule has 0 radical (unpaired) electrons. The summed E-state index contributed by atoms with van der Waals surface area (Å²) in [6.07, 6.45) is 2.11. The molecular weight excluding hydrogens is 261 g/mol. The summed E-state index contributed by atoms with van der Waals surface area (Å²) in [7, 11) is 0. The molecule has 5 nitrogen and oxygen atoms in total. The number of hydrogen-bond donors (Lipinski definition) is 1. The summed E-state index contributed by atoms with van der Waals surface area (Å²) in [5, 5.41) is 9.14. The Morgan fingerprint density at radius 3 is 2.28 bits per heavy atom. The molecule has 0 aromatic carbocycles. The van der Waals surface area contributed by atoms with Gasteiger partial charge >= 0.3 is 63.4 Å². The minimum absolute atomic E-state index is 0. The summed E-state index contributed by atoms with van der Waals surface area (Å²) in [5.74, 6) is -0.931. The van der Waals surface area contributed by atoms with Gasteiger partial charge in [0.15, 0.2) is 0 Å². The van der Waals surface area contributed by atoms with E-state index in [-0.39, 0.29) is 56.8 Å². The molecule has 2 fully saturated rings. The van der Waals surface area contributed by atoms with E-state index in [2.05, 4.69) is 0 Å². The van der Waals surface area contributed by atoms with Crippen molar-refractivity contribution in [3.8, 4) is 0 Å². The Kier molecular flexibility index (Phi) is 4.93. The van der Waals surface area contributed by atoms with Crippen LogP contribution in [-0.2, 0) is 9.53 Å². The second-order valence-electron chi connectivity index (χ2n) is 6.17. The van der Waals surface area contributed by atoms with Gasteiger partial charge in [0.2, 0.25) is 0 Å². The van der Waals surface area contributed by atoms with Gasteiger partial charge in [0.05, 0.1) is 0 Å². The summed E-state index contributed by atoms with van der Waals surface area (Å²) in [5.41, 5.74) is -0.514. The van der Waals surface area contributed by atoms with Crippen molar-refractivity contribution < 1.29 is 70.8 Å². The first-order chi connectivity index (χ1) is 7.72. The van der Waals surface area contributed by atoms with E-state index in [0.717, 1.165) is 12.8 Å². The van der Waals surface area contributed by atoms with Gasteiger partial charge in [0.25, 0.3) is 0 Å². The Bertz CT molecular complexity index is 360. The van der Waals surface area contributed by atoms with E-state index in [1.165, 1.54) is 4.90 Å². The largest absolute Gasteiger partial charge is 1.00 e. The number of likely N-dealkylation sites (tertiary alicyclic amines) is 1. The number of carbonyl (C=O) groups excluding carboxylic acids is 1. The van der Waals surface area contributed by atoms with Gasteiger partial charge in [0, 0.05) is 6.54 Å². The Balaban J connectivity index is 0.00000162. The quantitative estimate of drug-likeness (QED) is 0.617. The maximum absolute atomic E-state index is 11.9. The molecule has 1 atom stereocenters. The van der Waals surface area contributed by atoms with Gasteiger partial charge in [-0.15, -0.1) is 0 Å². The molecule has 18 heavy (non-hydrogen) atoms. The zero-order chi connectivity index (χ0) is 12.8. The molecule has 1 saturated carbocycles. The molecule has 0 aromatic rings. The third kappa shape index (κ3) is 3.69. The molecule has 1 spiro atoms. The molecular formula is C12H19KNO4+. The topological polar surface area (TPSA) is 66.8 Å². The SMILES string of the molecule is CC(C)(C)OC(=O)N1CC2(CC2)C[C@@H]1C(=O)O.[K+]. The number of carbonyl (C=O) groups is 2. The van der Waals surface area contributed by atoms with Crippen LogP contribution >= 0.6 is 0 Å². The zero-order valence-electron chi connectivity index (χ0n) is 11.5. The van der Waals surface area contributed by atoms with Crippen LogP contribution in [-0.4, -0.2) is 40.3 Å². The number of rotatable bonds is 1. The molecule has 1 saturated heterocycles. The monoisotopic (exact) mass is 280 g/mol. The maximum Gasteiger partial charge on any atom is 1.00 e. The molecule has 6 heteroatoms. The third-order valence-electron chi connectivity index (χ3n) is 3.38. The predicted octanol–water partition coefficient (Wildman–Crippen LogP) is -1.14. The van der Waals surface area contributed by atoms with Crippen LogP contribution in [0.25, 0.3) is 0 Å². The normalized spacial score (nSPS) is 24.6. The summed E-state index contributed by atoms with van der Waals surface area (Å²) >= 11 is 0. The van der Waals surface area contributed by atoms with Crippen LogP contribution < -0.4 is 51.4 Å². The standard InChI is InChI=1S/C12H19NO4.K/c1-11(2,3)17-10(16)13-7-12(4-5-12)6-8(13)9(14)15;/h8H,4-7H2,1-3H3,(H,14,15);/q;+1/t8-;/m1./s1. The van der Waals surface area contributed by atoms with E-state index in [9.17, 15) is 9.59 Å². The first-order valence-corrected chi connectivity index (χ1v) is 5.95. The second-order valence-corrected chi connectivity index (χ2v) is 6.17. The van der Waals surface area contributed by atoms with E-state index in [1.807, 2.05) is 0 Å². The van der Waals surface area contributed by atoms with Crippen LogP contribution in [0.3, 0.4) is 0 Å².